The minimum Gasteiger partial charge on any atom is -0.426 e. The number of rotatable bonds is 3. The number of hydrogen-bond acceptors (Lipinski definition) is 4. The lowest BCUT2D eigenvalue weighted by atomic mass is 9.97. The summed E-state index contributed by atoms with van der Waals surface area (Å²) in [5, 5.41) is 0. The van der Waals surface area contributed by atoms with Crippen molar-refractivity contribution in [2.24, 2.45) is 5.41 Å². The molecule has 0 aliphatic carbocycles. The minimum absolute atomic E-state index is 0.126. The highest BCUT2D eigenvalue weighted by molar-refractivity contribution is 7.89. The van der Waals surface area contributed by atoms with Gasteiger partial charge >= 0.3 is 5.97 Å². The normalized spacial score (nSPS) is 12.2. The Morgan fingerprint density at radius 1 is 1.17 bits per heavy atom. The third-order valence-electron chi connectivity index (χ3n) is 2.23. The number of esters is 1. The molecular weight excluding hydrogens is 254 g/mol. The van der Waals surface area contributed by atoms with Gasteiger partial charge in [0.05, 0.1) is 10.3 Å². The van der Waals surface area contributed by atoms with Crippen molar-refractivity contribution in [2.75, 3.05) is 7.05 Å². The van der Waals surface area contributed by atoms with Crippen LogP contribution >= 0.6 is 0 Å². The highest BCUT2D eigenvalue weighted by atomic mass is 32.2. The van der Waals surface area contributed by atoms with E-state index in [-0.39, 0.29) is 10.9 Å². The number of carbonyl (C=O) groups is 1. The van der Waals surface area contributed by atoms with Crippen LogP contribution in [0.3, 0.4) is 0 Å². The quantitative estimate of drug-likeness (QED) is 0.668. The van der Waals surface area contributed by atoms with Crippen LogP contribution in [-0.2, 0) is 14.8 Å². The van der Waals surface area contributed by atoms with Gasteiger partial charge in [-0.05, 0) is 52.1 Å². The van der Waals surface area contributed by atoms with E-state index in [1.165, 1.54) is 31.3 Å². The van der Waals surface area contributed by atoms with Gasteiger partial charge in [-0.1, -0.05) is 0 Å². The maximum atomic E-state index is 11.6. The molecule has 0 radical (unpaired) electrons. The molecule has 0 bridgehead atoms. The van der Waals surface area contributed by atoms with Gasteiger partial charge < -0.3 is 4.74 Å². The van der Waals surface area contributed by atoms with E-state index in [0.29, 0.717) is 5.75 Å². The lowest BCUT2D eigenvalue weighted by molar-refractivity contribution is -0.142. The van der Waals surface area contributed by atoms with Crippen LogP contribution in [0.15, 0.2) is 29.2 Å². The van der Waals surface area contributed by atoms with E-state index in [1.807, 2.05) is 0 Å². The summed E-state index contributed by atoms with van der Waals surface area (Å²) in [6, 6.07) is 5.68. The van der Waals surface area contributed by atoms with Crippen LogP contribution in [-0.4, -0.2) is 21.4 Å². The van der Waals surface area contributed by atoms with E-state index >= 15 is 0 Å². The first-order valence-corrected chi connectivity index (χ1v) is 6.91. The molecule has 0 saturated carbocycles. The predicted octanol–water partition coefficient (Wildman–Crippen LogP) is 1.55. The average molecular weight is 271 g/mol. The fraction of sp³-hybridized carbons (Fsp3) is 0.417. The molecule has 5 nitrogen and oxygen atoms in total. The van der Waals surface area contributed by atoms with Gasteiger partial charge in [-0.2, -0.15) is 0 Å². The number of ether oxygens (including phenoxy) is 1. The molecule has 0 aromatic heterocycles. The van der Waals surface area contributed by atoms with Crippen LogP contribution in [0.5, 0.6) is 5.75 Å². The van der Waals surface area contributed by atoms with Crippen LogP contribution in [0.25, 0.3) is 0 Å². The predicted molar refractivity (Wildman–Crippen MR) is 67.8 cm³/mol. The van der Waals surface area contributed by atoms with Crippen LogP contribution in [0.2, 0.25) is 0 Å². The summed E-state index contributed by atoms with van der Waals surface area (Å²) in [7, 11) is -2.13. The molecule has 100 valence electrons. The fourth-order valence-corrected chi connectivity index (χ4v) is 1.79. The van der Waals surface area contributed by atoms with Gasteiger partial charge in [0, 0.05) is 0 Å². The third kappa shape index (κ3) is 3.54. The maximum Gasteiger partial charge on any atom is 0.316 e. The molecule has 0 spiro atoms. The van der Waals surface area contributed by atoms with E-state index in [4.69, 9.17) is 4.74 Å². The van der Waals surface area contributed by atoms with Crippen molar-refractivity contribution in [3.05, 3.63) is 24.3 Å². The van der Waals surface area contributed by atoms with Crippen LogP contribution in [0.1, 0.15) is 20.8 Å². The monoisotopic (exact) mass is 271 g/mol. The SMILES string of the molecule is CNS(=O)(=O)c1ccc(OC(=O)C(C)(C)C)cc1. The molecule has 1 N–H and O–H groups in total. The van der Waals surface area contributed by atoms with Gasteiger partial charge in [-0.3, -0.25) is 4.79 Å². The van der Waals surface area contributed by atoms with Crippen LogP contribution in [0, 0.1) is 5.41 Å². The second-order valence-corrected chi connectivity index (χ2v) is 6.71. The molecule has 0 fully saturated rings. The second kappa shape index (κ2) is 5.07. The lowest BCUT2D eigenvalue weighted by Crippen LogP contribution is -2.25. The van der Waals surface area contributed by atoms with Crippen molar-refractivity contribution in [3.63, 3.8) is 0 Å². The smallest absolute Gasteiger partial charge is 0.316 e. The number of carbonyl (C=O) groups excluding carboxylic acids is 1. The largest absolute Gasteiger partial charge is 0.426 e. The van der Waals surface area contributed by atoms with Crippen LogP contribution in [0.4, 0.5) is 0 Å². The number of nitrogens with one attached hydrogen (secondary N) is 1. The standard InChI is InChI=1S/C12H17NO4S/c1-12(2,3)11(14)17-9-5-7-10(8-6-9)18(15,16)13-4/h5-8,13H,1-4H3. The highest BCUT2D eigenvalue weighted by Gasteiger charge is 2.23. The van der Waals surface area contributed by atoms with E-state index in [0.717, 1.165) is 0 Å². The van der Waals surface area contributed by atoms with Gasteiger partial charge in [0.1, 0.15) is 5.75 Å². The van der Waals surface area contributed by atoms with E-state index in [2.05, 4.69) is 4.72 Å². The fourth-order valence-electron chi connectivity index (χ4n) is 1.06. The zero-order chi connectivity index (χ0) is 14.0. The van der Waals surface area contributed by atoms with Crippen molar-refractivity contribution >= 4 is 16.0 Å². The van der Waals surface area contributed by atoms with Gasteiger partial charge in [0.15, 0.2) is 0 Å². The third-order valence-corrected chi connectivity index (χ3v) is 3.66. The Morgan fingerprint density at radius 3 is 2.06 bits per heavy atom. The molecular formula is C12H17NO4S. The minimum atomic E-state index is -3.46. The van der Waals surface area contributed by atoms with Crippen molar-refractivity contribution in [3.8, 4) is 5.75 Å². The molecule has 0 saturated heterocycles. The van der Waals surface area contributed by atoms with E-state index in [1.54, 1.807) is 20.8 Å². The second-order valence-electron chi connectivity index (χ2n) is 4.82. The molecule has 0 aliphatic heterocycles. The molecule has 1 rings (SSSR count). The molecule has 0 unspecified atom stereocenters. The zero-order valence-electron chi connectivity index (χ0n) is 10.9. The summed E-state index contributed by atoms with van der Waals surface area (Å²) in [5.41, 5.74) is -0.601. The molecule has 6 heteroatoms. The van der Waals surface area contributed by atoms with Gasteiger partial charge in [0.2, 0.25) is 10.0 Å². The van der Waals surface area contributed by atoms with Crippen molar-refractivity contribution < 1.29 is 17.9 Å². The Hall–Kier alpha value is -1.40. The first-order valence-electron chi connectivity index (χ1n) is 5.43. The highest BCUT2D eigenvalue weighted by Crippen LogP contribution is 2.20. The molecule has 0 amide bonds. The summed E-state index contributed by atoms with van der Waals surface area (Å²) in [4.78, 5) is 11.7. The number of sulfonamides is 1. The lowest BCUT2D eigenvalue weighted by Gasteiger charge is -2.16. The Kier molecular flexibility index (Phi) is 4.13. The van der Waals surface area contributed by atoms with Gasteiger partial charge in [0.25, 0.3) is 0 Å². The Labute approximate surface area is 107 Å². The van der Waals surface area contributed by atoms with Crippen molar-refractivity contribution in [1.82, 2.24) is 4.72 Å². The van der Waals surface area contributed by atoms with Crippen molar-refractivity contribution in [1.29, 1.82) is 0 Å². The van der Waals surface area contributed by atoms with Crippen molar-refractivity contribution in [2.45, 2.75) is 25.7 Å². The summed E-state index contributed by atoms with van der Waals surface area (Å²) < 4.78 is 30.3. The maximum absolute atomic E-state index is 11.6. The molecule has 0 heterocycles. The molecule has 0 aliphatic rings. The summed E-state index contributed by atoms with van der Waals surface area (Å²) in [5.74, 6) is -0.0447. The summed E-state index contributed by atoms with van der Waals surface area (Å²) in [6.45, 7) is 5.24. The van der Waals surface area contributed by atoms with Gasteiger partial charge in [-0.15, -0.1) is 0 Å². The van der Waals surface area contributed by atoms with E-state index in [9.17, 15) is 13.2 Å². The summed E-state index contributed by atoms with van der Waals surface area (Å²) >= 11 is 0. The van der Waals surface area contributed by atoms with Crippen LogP contribution < -0.4 is 9.46 Å². The Bertz CT molecular complexity index is 526. The number of hydrogen-bond donors (Lipinski definition) is 1. The first-order chi connectivity index (χ1) is 8.16. The Balaban J connectivity index is 2.89. The van der Waals surface area contributed by atoms with E-state index < -0.39 is 15.4 Å². The molecule has 1 aromatic rings. The topological polar surface area (TPSA) is 72.5 Å². The summed E-state index contributed by atoms with van der Waals surface area (Å²) in [6.07, 6.45) is 0. The zero-order valence-corrected chi connectivity index (χ0v) is 11.7. The average Bonchev–Trinajstić information content (AvgIpc) is 2.28. The van der Waals surface area contributed by atoms with Gasteiger partial charge in [-0.25, -0.2) is 13.1 Å². The first kappa shape index (κ1) is 14.7. The number of benzene rings is 1. The molecule has 0 atom stereocenters. The molecule has 1 aromatic carbocycles. The molecule has 18 heavy (non-hydrogen) atoms. The Morgan fingerprint density at radius 2 is 1.67 bits per heavy atom.